The SMILES string of the molecule is CC1Cc2ccc(N(C)C)nc2-c2c1c(O)c(C(=O)O)c(=O)n2Cc1ccccc1. The van der Waals surface area contributed by atoms with Crippen molar-refractivity contribution in [3.63, 3.8) is 0 Å². The van der Waals surface area contributed by atoms with Gasteiger partial charge in [-0.25, -0.2) is 9.78 Å². The number of nitrogens with zero attached hydrogens (tertiary/aromatic N) is 3. The third kappa shape index (κ3) is 3.12. The van der Waals surface area contributed by atoms with E-state index in [4.69, 9.17) is 4.98 Å². The number of hydrogen-bond donors (Lipinski definition) is 2. The van der Waals surface area contributed by atoms with Crippen LogP contribution in [0.5, 0.6) is 5.75 Å². The van der Waals surface area contributed by atoms with Crippen LogP contribution < -0.4 is 10.5 Å². The number of carbonyl (C=O) groups is 1. The van der Waals surface area contributed by atoms with Crippen molar-refractivity contribution in [1.29, 1.82) is 0 Å². The van der Waals surface area contributed by atoms with Gasteiger partial charge in [0.15, 0.2) is 5.56 Å². The quantitative estimate of drug-likeness (QED) is 0.693. The molecule has 1 aliphatic rings. The Kier molecular flexibility index (Phi) is 4.81. The fourth-order valence-corrected chi connectivity index (χ4v) is 4.09. The first-order chi connectivity index (χ1) is 14.3. The van der Waals surface area contributed by atoms with Crippen LogP contribution in [0.1, 0.15) is 39.9 Å². The number of fused-ring (bicyclic) bond motifs is 3. The van der Waals surface area contributed by atoms with Crippen molar-refractivity contribution in [2.24, 2.45) is 0 Å². The first-order valence-electron chi connectivity index (χ1n) is 9.74. The van der Waals surface area contributed by atoms with E-state index in [2.05, 4.69) is 0 Å². The second-order valence-electron chi connectivity index (χ2n) is 7.84. The molecule has 154 valence electrons. The number of benzene rings is 1. The molecule has 3 aromatic rings. The van der Waals surface area contributed by atoms with E-state index in [0.717, 1.165) is 16.9 Å². The van der Waals surface area contributed by atoms with E-state index in [-0.39, 0.29) is 12.5 Å². The Morgan fingerprint density at radius 1 is 1.20 bits per heavy atom. The van der Waals surface area contributed by atoms with Crippen LogP contribution in [0.2, 0.25) is 0 Å². The van der Waals surface area contributed by atoms with Crippen molar-refractivity contribution >= 4 is 11.8 Å². The highest BCUT2D eigenvalue weighted by Crippen LogP contribution is 2.43. The Morgan fingerprint density at radius 3 is 2.53 bits per heavy atom. The van der Waals surface area contributed by atoms with Gasteiger partial charge in [-0.3, -0.25) is 4.79 Å². The minimum atomic E-state index is -1.44. The summed E-state index contributed by atoms with van der Waals surface area (Å²) in [6, 6.07) is 13.3. The van der Waals surface area contributed by atoms with Gasteiger partial charge in [0.25, 0.3) is 5.56 Å². The van der Waals surface area contributed by atoms with Crippen molar-refractivity contribution in [3.05, 3.63) is 75.1 Å². The lowest BCUT2D eigenvalue weighted by Gasteiger charge is -2.29. The van der Waals surface area contributed by atoms with Gasteiger partial charge in [-0.1, -0.05) is 43.3 Å². The van der Waals surface area contributed by atoms with E-state index in [0.29, 0.717) is 23.4 Å². The summed E-state index contributed by atoms with van der Waals surface area (Å²) in [4.78, 5) is 31.7. The molecule has 0 fully saturated rings. The first kappa shape index (κ1) is 19.7. The lowest BCUT2D eigenvalue weighted by molar-refractivity contribution is 0.0690. The average molecular weight is 405 g/mol. The van der Waals surface area contributed by atoms with Crippen LogP contribution in [0.3, 0.4) is 0 Å². The van der Waals surface area contributed by atoms with Crippen molar-refractivity contribution in [2.75, 3.05) is 19.0 Å². The van der Waals surface area contributed by atoms with Gasteiger partial charge in [0.05, 0.1) is 17.9 Å². The van der Waals surface area contributed by atoms with Gasteiger partial charge in [-0.15, -0.1) is 0 Å². The van der Waals surface area contributed by atoms with Crippen molar-refractivity contribution in [1.82, 2.24) is 9.55 Å². The summed E-state index contributed by atoms with van der Waals surface area (Å²) in [7, 11) is 3.76. The molecule has 0 saturated heterocycles. The molecule has 2 aromatic heterocycles. The molecule has 30 heavy (non-hydrogen) atoms. The van der Waals surface area contributed by atoms with E-state index in [9.17, 15) is 19.8 Å². The highest BCUT2D eigenvalue weighted by Gasteiger charge is 2.34. The predicted octanol–water partition coefficient (Wildman–Crippen LogP) is 3.09. The lowest BCUT2D eigenvalue weighted by Crippen LogP contribution is -2.32. The van der Waals surface area contributed by atoms with Crippen LogP contribution in [0.15, 0.2) is 47.3 Å². The molecule has 1 aliphatic carbocycles. The maximum absolute atomic E-state index is 13.2. The van der Waals surface area contributed by atoms with Gasteiger partial charge in [-0.2, -0.15) is 0 Å². The number of carboxylic acid groups (broad SMARTS) is 1. The van der Waals surface area contributed by atoms with Crippen molar-refractivity contribution in [3.8, 4) is 17.1 Å². The fraction of sp³-hybridized carbons (Fsp3) is 0.261. The Bertz CT molecular complexity index is 1200. The number of rotatable bonds is 4. The van der Waals surface area contributed by atoms with E-state index in [1.807, 2.05) is 68.4 Å². The summed E-state index contributed by atoms with van der Waals surface area (Å²) in [5.41, 5.74) is 2.04. The van der Waals surface area contributed by atoms with Gasteiger partial charge >= 0.3 is 5.97 Å². The molecular formula is C23H23N3O4. The topological polar surface area (TPSA) is 95.7 Å². The van der Waals surface area contributed by atoms with Gasteiger partial charge in [0, 0.05) is 19.7 Å². The number of aromatic hydroxyl groups is 1. The number of aromatic nitrogens is 2. The summed E-state index contributed by atoms with van der Waals surface area (Å²) >= 11 is 0. The molecule has 0 spiro atoms. The number of pyridine rings is 2. The molecule has 0 amide bonds. The molecule has 2 heterocycles. The molecule has 7 heteroatoms. The molecule has 0 radical (unpaired) electrons. The highest BCUT2D eigenvalue weighted by atomic mass is 16.4. The normalized spacial score (nSPS) is 14.7. The Labute approximate surface area is 173 Å². The smallest absolute Gasteiger partial charge is 0.345 e. The van der Waals surface area contributed by atoms with Crippen LogP contribution >= 0.6 is 0 Å². The third-order valence-electron chi connectivity index (χ3n) is 5.54. The zero-order valence-corrected chi connectivity index (χ0v) is 17.1. The number of aromatic carboxylic acids is 1. The second kappa shape index (κ2) is 7.33. The van der Waals surface area contributed by atoms with E-state index >= 15 is 0 Å². The zero-order valence-electron chi connectivity index (χ0n) is 17.1. The largest absolute Gasteiger partial charge is 0.506 e. The highest BCUT2D eigenvalue weighted by molar-refractivity contribution is 5.92. The van der Waals surface area contributed by atoms with Crippen LogP contribution in [0, 0.1) is 0 Å². The molecule has 7 nitrogen and oxygen atoms in total. The van der Waals surface area contributed by atoms with Crippen LogP contribution in [0.25, 0.3) is 11.4 Å². The monoisotopic (exact) mass is 405 g/mol. The summed E-state index contributed by atoms with van der Waals surface area (Å²) in [6.45, 7) is 2.10. The molecule has 0 saturated carbocycles. The van der Waals surface area contributed by atoms with Gasteiger partial charge in [0.2, 0.25) is 0 Å². The zero-order chi connectivity index (χ0) is 21.6. The molecule has 1 aromatic carbocycles. The molecule has 1 atom stereocenters. The summed E-state index contributed by atoms with van der Waals surface area (Å²) in [5.74, 6) is -1.34. The first-order valence-corrected chi connectivity index (χ1v) is 9.74. The molecule has 0 bridgehead atoms. The average Bonchev–Trinajstić information content (AvgIpc) is 2.70. The molecular weight excluding hydrogens is 382 g/mol. The Balaban J connectivity index is 2.09. The Hall–Kier alpha value is -3.61. The number of hydrogen-bond acceptors (Lipinski definition) is 5. The fourth-order valence-electron chi connectivity index (χ4n) is 4.09. The van der Waals surface area contributed by atoms with Crippen LogP contribution in [0.4, 0.5) is 5.82 Å². The molecule has 1 unspecified atom stereocenters. The van der Waals surface area contributed by atoms with Crippen LogP contribution in [-0.2, 0) is 13.0 Å². The summed E-state index contributed by atoms with van der Waals surface area (Å²) < 4.78 is 1.44. The van der Waals surface area contributed by atoms with E-state index in [1.165, 1.54) is 4.57 Å². The minimum absolute atomic E-state index is 0.166. The van der Waals surface area contributed by atoms with E-state index in [1.54, 1.807) is 0 Å². The van der Waals surface area contributed by atoms with Gasteiger partial charge in [0.1, 0.15) is 11.6 Å². The van der Waals surface area contributed by atoms with Crippen LogP contribution in [-0.4, -0.2) is 39.8 Å². The molecule has 0 aliphatic heterocycles. The van der Waals surface area contributed by atoms with Crippen molar-refractivity contribution < 1.29 is 15.0 Å². The minimum Gasteiger partial charge on any atom is -0.506 e. The number of anilines is 1. The predicted molar refractivity (Wildman–Crippen MR) is 115 cm³/mol. The van der Waals surface area contributed by atoms with Gasteiger partial charge < -0.3 is 19.7 Å². The third-order valence-corrected chi connectivity index (χ3v) is 5.54. The van der Waals surface area contributed by atoms with E-state index < -0.39 is 22.8 Å². The maximum Gasteiger partial charge on any atom is 0.345 e. The van der Waals surface area contributed by atoms with Crippen molar-refractivity contribution in [2.45, 2.75) is 25.8 Å². The maximum atomic E-state index is 13.2. The van der Waals surface area contributed by atoms with Gasteiger partial charge in [-0.05, 0) is 29.5 Å². The standard InChI is InChI=1S/C23H23N3O4/c1-13-11-15-9-10-16(25(2)3)24-19(15)20-17(13)21(27)18(23(29)30)22(28)26(20)12-14-7-5-4-6-8-14/h4-10,13,27H,11-12H2,1-3H3,(H,29,30). The lowest BCUT2D eigenvalue weighted by atomic mass is 9.83. The summed E-state index contributed by atoms with van der Waals surface area (Å²) in [6.07, 6.45) is 0.596. The molecule has 4 rings (SSSR count). The second-order valence-corrected chi connectivity index (χ2v) is 7.84. The number of carboxylic acids is 1. The molecule has 2 N–H and O–H groups in total. The Morgan fingerprint density at radius 2 is 1.90 bits per heavy atom. The summed E-state index contributed by atoms with van der Waals surface area (Å²) in [5, 5.41) is 20.5.